The van der Waals surface area contributed by atoms with Gasteiger partial charge in [-0.1, -0.05) is 71.7 Å². The number of carbonyl (C=O) groups excluding carboxylic acids is 3. The lowest BCUT2D eigenvalue weighted by Crippen LogP contribution is -2.46. The van der Waals surface area contributed by atoms with E-state index in [1.54, 1.807) is 53.4 Å². The van der Waals surface area contributed by atoms with Crippen molar-refractivity contribution >= 4 is 46.6 Å². The molecule has 3 aromatic rings. The molecular formula is C31H26Cl2N2O5. The summed E-state index contributed by atoms with van der Waals surface area (Å²) in [5.41, 5.74) is 9.56. The number of hydrogen-bond acceptors (Lipinski definition) is 7. The topological polar surface area (TPSA) is 98.9 Å². The molecule has 1 heterocycles. The van der Waals surface area contributed by atoms with E-state index in [-0.39, 0.29) is 23.4 Å². The Bertz CT molecular complexity index is 1570. The summed E-state index contributed by atoms with van der Waals surface area (Å²) in [4.78, 5) is 42.8. The molecule has 0 saturated heterocycles. The van der Waals surface area contributed by atoms with E-state index in [0.29, 0.717) is 27.0 Å². The molecule has 0 bridgehead atoms. The molecule has 0 radical (unpaired) electrons. The molecule has 0 amide bonds. The SMILES string of the molecule is COC(=O)C1=C(N)N(c2cccc(Cl)c2)C2=C(C(=O)[C@@H](C(=O)OC)[C@H](c3ccccc3)C2)[C@@H]1c1cccc(Cl)c1. The van der Waals surface area contributed by atoms with Gasteiger partial charge < -0.3 is 15.2 Å². The monoisotopic (exact) mass is 576 g/mol. The van der Waals surface area contributed by atoms with Crippen molar-refractivity contribution in [3.05, 3.63) is 123 Å². The van der Waals surface area contributed by atoms with Crippen LogP contribution in [-0.2, 0) is 23.9 Å². The Kier molecular flexibility index (Phi) is 7.70. The number of benzene rings is 3. The van der Waals surface area contributed by atoms with Crippen LogP contribution in [0.25, 0.3) is 0 Å². The van der Waals surface area contributed by atoms with Gasteiger partial charge in [-0.2, -0.15) is 0 Å². The highest BCUT2D eigenvalue weighted by Crippen LogP contribution is 2.51. The third-order valence-electron chi connectivity index (χ3n) is 7.38. The minimum atomic E-state index is -1.15. The number of Topliss-reactive ketones (excluding diaryl/α,β-unsaturated/α-hetero) is 1. The van der Waals surface area contributed by atoms with Gasteiger partial charge in [-0.15, -0.1) is 0 Å². The maximum Gasteiger partial charge on any atom is 0.338 e. The van der Waals surface area contributed by atoms with Crippen molar-refractivity contribution in [1.29, 1.82) is 0 Å². The minimum absolute atomic E-state index is 0.0543. The summed E-state index contributed by atoms with van der Waals surface area (Å²) in [6.07, 6.45) is 0.254. The normalized spacial score (nSPS) is 20.8. The van der Waals surface area contributed by atoms with Gasteiger partial charge in [-0.3, -0.25) is 14.5 Å². The lowest BCUT2D eigenvalue weighted by atomic mass is 9.67. The number of hydrogen-bond donors (Lipinski definition) is 1. The molecule has 7 nitrogen and oxygen atoms in total. The molecule has 5 rings (SSSR count). The predicted molar refractivity (Wildman–Crippen MR) is 153 cm³/mol. The average Bonchev–Trinajstić information content (AvgIpc) is 2.96. The number of methoxy groups -OCH3 is 2. The molecule has 9 heteroatoms. The van der Waals surface area contributed by atoms with E-state index in [1.165, 1.54) is 14.2 Å². The summed E-state index contributed by atoms with van der Waals surface area (Å²) >= 11 is 12.7. The summed E-state index contributed by atoms with van der Waals surface area (Å²) in [5, 5.41) is 0.855. The number of rotatable bonds is 5. The first-order valence-corrected chi connectivity index (χ1v) is 13.3. The quantitative estimate of drug-likeness (QED) is 0.305. The molecule has 0 fully saturated rings. The summed E-state index contributed by atoms with van der Waals surface area (Å²) in [5.74, 6) is -4.38. The number of esters is 2. The van der Waals surface area contributed by atoms with E-state index in [9.17, 15) is 14.4 Å². The van der Waals surface area contributed by atoms with Crippen LogP contribution >= 0.6 is 23.2 Å². The Hall–Kier alpha value is -4.07. The van der Waals surface area contributed by atoms with Gasteiger partial charge in [0.1, 0.15) is 11.7 Å². The largest absolute Gasteiger partial charge is 0.468 e. The highest BCUT2D eigenvalue weighted by molar-refractivity contribution is 6.31. The number of nitrogens with two attached hydrogens (primary N) is 1. The third kappa shape index (κ3) is 4.76. The minimum Gasteiger partial charge on any atom is -0.468 e. The molecule has 0 saturated carbocycles. The van der Waals surface area contributed by atoms with Gasteiger partial charge in [0.15, 0.2) is 5.78 Å². The number of anilines is 1. The van der Waals surface area contributed by atoms with Crippen LogP contribution in [0.1, 0.15) is 29.4 Å². The summed E-state index contributed by atoms with van der Waals surface area (Å²) < 4.78 is 10.3. The molecule has 1 aliphatic carbocycles. The Balaban J connectivity index is 1.84. The van der Waals surface area contributed by atoms with Crippen molar-refractivity contribution in [1.82, 2.24) is 0 Å². The molecule has 40 heavy (non-hydrogen) atoms. The molecular weight excluding hydrogens is 551 g/mol. The van der Waals surface area contributed by atoms with Crippen LogP contribution in [0.15, 0.2) is 102 Å². The second-order valence-electron chi connectivity index (χ2n) is 9.54. The number of allylic oxidation sites excluding steroid dienone is 2. The van der Waals surface area contributed by atoms with Gasteiger partial charge in [-0.25, -0.2) is 4.79 Å². The molecule has 0 aromatic heterocycles. The van der Waals surface area contributed by atoms with Crippen LogP contribution in [0.4, 0.5) is 5.69 Å². The van der Waals surface area contributed by atoms with Crippen LogP contribution in [0.2, 0.25) is 10.0 Å². The van der Waals surface area contributed by atoms with Crippen LogP contribution in [0.3, 0.4) is 0 Å². The van der Waals surface area contributed by atoms with E-state index in [2.05, 4.69) is 0 Å². The molecule has 2 N–H and O–H groups in total. The van der Waals surface area contributed by atoms with E-state index in [1.807, 2.05) is 30.3 Å². The van der Waals surface area contributed by atoms with Crippen molar-refractivity contribution in [3.63, 3.8) is 0 Å². The fourth-order valence-corrected chi connectivity index (χ4v) is 6.06. The lowest BCUT2D eigenvalue weighted by molar-refractivity contribution is -0.150. The van der Waals surface area contributed by atoms with Gasteiger partial charge >= 0.3 is 11.9 Å². The lowest BCUT2D eigenvalue weighted by Gasteiger charge is -2.44. The van der Waals surface area contributed by atoms with Crippen LogP contribution in [0, 0.1) is 5.92 Å². The Labute approximate surface area is 241 Å². The zero-order chi connectivity index (χ0) is 28.6. The number of ether oxygens (including phenoxy) is 2. The smallest absolute Gasteiger partial charge is 0.338 e. The van der Waals surface area contributed by atoms with Crippen molar-refractivity contribution in [3.8, 4) is 0 Å². The first-order chi connectivity index (χ1) is 19.3. The van der Waals surface area contributed by atoms with Crippen LogP contribution in [0.5, 0.6) is 0 Å². The van der Waals surface area contributed by atoms with Crippen LogP contribution < -0.4 is 10.6 Å². The first kappa shape index (κ1) is 27.5. The second-order valence-corrected chi connectivity index (χ2v) is 10.4. The Morgan fingerprint density at radius 1 is 0.875 bits per heavy atom. The molecule has 3 atom stereocenters. The fourth-order valence-electron chi connectivity index (χ4n) is 5.68. The summed E-state index contributed by atoms with van der Waals surface area (Å²) in [7, 11) is 2.50. The van der Waals surface area contributed by atoms with Crippen molar-refractivity contribution < 1.29 is 23.9 Å². The number of ketones is 1. The van der Waals surface area contributed by atoms with E-state index in [4.69, 9.17) is 38.4 Å². The Morgan fingerprint density at radius 3 is 2.15 bits per heavy atom. The van der Waals surface area contributed by atoms with Gasteiger partial charge in [-0.05, 0) is 47.9 Å². The van der Waals surface area contributed by atoms with Crippen molar-refractivity contribution in [2.75, 3.05) is 19.1 Å². The standard InChI is InChI=1S/C31H26Cl2N2O5/c1-39-30(37)25-22(17-8-4-3-5-9-17)16-23-26(28(25)36)24(18-10-6-11-19(32)14-18)27(31(38)40-2)29(34)35(23)21-13-7-12-20(33)15-21/h3-15,22,24-25H,16,34H2,1-2H3/t22-,24-,25-/m0/s1. The van der Waals surface area contributed by atoms with E-state index >= 15 is 0 Å². The average molecular weight is 577 g/mol. The van der Waals surface area contributed by atoms with E-state index in [0.717, 1.165) is 5.56 Å². The summed E-state index contributed by atoms with van der Waals surface area (Å²) in [6, 6.07) is 23.1. The fraction of sp³-hybridized carbons (Fsp3) is 0.194. The highest BCUT2D eigenvalue weighted by Gasteiger charge is 2.51. The van der Waals surface area contributed by atoms with E-state index < -0.39 is 35.5 Å². The maximum atomic E-state index is 14.6. The highest BCUT2D eigenvalue weighted by atomic mass is 35.5. The molecule has 1 aliphatic heterocycles. The van der Waals surface area contributed by atoms with Crippen molar-refractivity contribution in [2.24, 2.45) is 11.7 Å². The summed E-state index contributed by atoms with van der Waals surface area (Å²) in [6.45, 7) is 0. The maximum absolute atomic E-state index is 14.6. The number of carbonyl (C=O) groups is 3. The first-order valence-electron chi connectivity index (χ1n) is 12.6. The Morgan fingerprint density at radius 2 is 1.52 bits per heavy atom. The molecule has 0 unspecified atom stereocenters. The van der Waals surface area contributed by atoms with Crippen LogP contribution in [-0.4, -0.2) is 31.9 Å². The zero-order valence-corrected chi connectivity index (χ0v) is 23.3. The van der Waals surface area contributed by atoms with Gasteiger partial charge in [0.2, 0.25) is 0 Å². The molecule has 0 spiro atoms. The van der Waals surface area contributed by atoms with Gasteiger partial charge in [0.25, 0.3) is 0 Å². The second kappa shape index (κ2) is 11.2. The molecule has 2 aliphatic rings. The van der Waals surface area contributed by atoms with Gasteiger partial charge in [0.05, 0.1) is 25.7 Å². The molecule has 204 valence electrons. The van der Waals surface area contributed by atoms with Crippen molar-refractivity contribution in [2.45, 2.75) is 18.3 Å². The third-order valence-corrected chi connectivity index (χ3v) is 7.85. The molecule has 3 aromatic carbocycles. The zero-order valence-electron chi connectivity index (χ0n) is 21.8. The van der Waals surface area contributed by atoms with Gasteiger partial charge in [0, 0.05) is 32.9 Å². The number of nitrogens with zero attached hydrogens (tertiary/aromatic N) is 1. The predicted octanol–water partition coefficient (Wildman–Crippen LogP) is 5.74. The number of halogens is 2.